The summed E-state index contributed by atoms with van der Waals surface area (Å²) in [6.45, 7) is 15.6. The number of carbonyl (C=O) groups excluding carboxylic acids is 2. The van der Waals surface area contributed by atoms with Crippen LogP contribution >= 0.6 is 0 Å². The number of nitrogens with one attached hydrogen (secondary N) is 1. The summed E-state index contributed by atoms with van der Waals surface area (Å²) in [5, 5.41) is 2.49. The van der Waals surface area contributed by atoms with Gasteiger partial charge in [-0.25, -0.2) is 0 Å². The Morgan fingerprint density at radius 3 is 1.65 bits per heavy atom. The molecule has 0 heterocycles. The molecule has 0 saturated heterocycles. The monoisotopic (exact) mass is 241 g/mol. The van der Waals surface area contributed by atoms with Crippen LogP contribution in [0.1, 0.15) is 55.4 Å². The van der Waals surface area contributed by atoms with Crippen molar-refractivity contribution in [1.29, 1.82) is 0 Å². The predicted octanol–water partition coefficient (Wildman–Crippen LogP) is 2.99. The summed E-state index contributed by atoms with van der Waals surface area (Å²) in [6, 6.07) is 0. The zero-order chi connectivity index (χ0) is 14.0. The average molecular weight is 241 g/mol. The number of rotatable bonds is 2. The quantitative estimate of drug-likeness (QED) is 0.808. The van der Waals surface area contributed by atoms with Crippen LogP contribution < -0.4 is 5.32 Å². The standard InChI is InChI=1S/C14H27NO2/c1-9(10(2)13(3,4)5)11(16)15-12(17)14(6,7)8/h9-10H,1-8H3,(H,15,16,17)/t9-,10+/m0/s1. The fourth-order valence-corrected chi connectivity index (χ4v) is 1.39. The number of amides is 2. The van der Waals surface area contributed by atoms with Gasteiger partial charge in [0.25, 0.3) is 0 Å². The van der Waals surface area contributed by atoms with Crippen molar-refractivity contribution < 1.29 is 9.59 Å². The lowest BCUT2D eigenvalue weighted by atomic mass is 9.74. The van der Waals surface area contributed by atoms with Gasteiger partial charge in [0.2, 0.25) is 11.8 Å². The van der Waals surface area contributed by atoms with Crippen LogP contribution in [0.15, 0.2) is 0 Å². The molecule has 0 fully saturated rings. The first-order valence-electron chi connectivity index (χ1n) is 6.22. The minimum Gasteiger partial charge on any atom is -0.296 e. The van der Waals surface area contributed by atoms with Crippen LogP contribution in [0.25, 0.3) is 0 Å². The smallest absolute Gasteiger partial charge is 0.231 e. The summed E-state index contributed by atoms with van der Waals surface area (Å²) >= 11 is 0. The van der Waals surface area contributed by atoms with Gasteiger partial charge < -0.3 is 0 Å². The second-order valence-corrected chi connectivity index (χ2v) is 7.01. The number of hydrogen-bond donors (Lipinski definition) is 1. The van der Waals surface area contributed by atoms with Crippen LogP contribution in [0, 0.1) is 22.7 Å². The largest absolute Gasteiger partial charge is 0.296 e. The topological polar surface area (TPSA) is 46.2 Å². The van der Waals surface area contributed by atoms with Gasteiger partial charge in [-0.3, -0.25) is 14.9 Å². The summed E-state index contributed by atoms with van der Waals surface area (Å²) < 4.78 is 0. The molecule has 2 amide bonds. The van der Waals surface area contributed by atoms with Gasteiger partial charge in [-0.1, -0.05) is 55.4 Å². The van der Waals surface area contributed by atoms with Gasteiger partial charge in [0.15, 0.2) is 0 Å². The molecule has 2 atom stereocenters. The molecule has 0 aromatic heterocycles. The van der Waals surface area contributed by atoms with Crippen LogP contribution in [0.3, 0.4) is 0 Å². The van der Waals surface area contributed by atoms with Crippen molar-refractivity contribution in [3.63, 3.8) is 0 Å². The normalized spacial score (nSPS) is 16.2. The summed E-state index contributed by atoms with van der Waals surface area (Å²) in [6.07, 6.45) is 0. The third-order valence-electron chi connectivity index (χ3n) is 3.45. The third-order valence-corrected chi connectivity index (χ3v) is 3.45. The van der Waals surface area contributed by atoms with Crippen LogP contribution in [0.2, 0.25) is 0 Å². The van der Waals surface area contributed by atoms with Crippen molar-refractivity contribution in [2.75, 3.05) is 0 Å². The van der Waals surface area contributed by atoms with Gasteiger partial charge in [0.05, 0.1) is 0 Å². The number of carbonyl (C=O) groups is 2. The molecule has 0 bridgehead atoms. The first kappa shape index (κ1) is 16.1. The van der Waals surface area contributed by atoms with Crippen LogP contribution in [0.5, 0.6) is 0 Å². The molecule has 0 saturated carbocycles. The van der Waals surface area contributed by atoms with E-state index in [1.807, 2.05) is 13.8 Å². The molecule has 0 unspecified atom stereocenters. The Hall–Kier alpha value is -0.860. The average Bonchev–Trinajstić information content (AvgIpc) is 2.12. The van der Waals surface area contributed by atoms with E-state index in [4.69, 9.17) is 0 Å². The molecular weight excluding hydrogens is 214 g/mol. The highest BCUT2D eigenvalue weighted by Crippen LogP contribution is 2.31. The molecule has 3 nitrogen and oxygen atoms in total. The van der Waals surface area contributed by atoms with Crippen LogP contribution in [-0.4, -0.2) is 11.8 Å². The van der Waals surface area contributed by atoms with Gasteiger partial charge in [-0.2, -0.15) is 0 Å². The van der Waals surface area contributed by atoms with E-state index in [2.05, 4.69) is 26.1 Å². The molecule has 0 rings (SSSR count). The van der Waals surface area contributed by atoms with Crippen molar-refractivity contribution in [2.24, 2.45) is 22.7 Å². The highest BCUT2D eigenvalue weighted by molar-refractivity contribution is 5.98. The van der Waals surface area contributed by atoms with Gasteiger partial charge >= 0.3 is 0 Å². The molecule has 17 heavy (non-hydrogen) atoms. The zero-order valence-corrected chi connectivity index (χ0v) is 12.5. The zero-order valence-electron chi connectivity index (χ0n) is 12.5. The molecule has 1 N–H and O–H groups in total. The van der Waals surface area contributed by atoms with E-state index in [0.29, 0.717) is 0 Å². The summed E-state index contributed by atoms with van der Waals surface area (Å²) in [7, 11) is 0. The van der Waals surface area contributed by atoms with E-state index in [1.54, 1.807) is 20.8 Å². The summed E-state index contributed by atoms with van der Waals surface area (Å²) in [5.41, 5.74) is -0.470. The Bertz CT molecular complexity index is 294. The van der Waals surface area contributed by atoms with Crippen molar-refractivity contribution >= 4 is 11.8 Å². The molecule has 0 aliphatic carbocycles. The molecule has 0 radical (unpaired) electrons. The van der Waals surface area contributed by atoms with E-state index >= 15 is 0 Å². The summed E-state index contributed by atoms with van der Waals surface area (Å²) in [5.74, 6) is -0.334. The fourth-order valence-electron chi connectivity index (χ4n) is 1.39. The number of hydrogen-bond acceptors (Lipinski definition) is 2. The van der Waals surface area contributed by atoms with Crippen molar-refractivity contribution in [3.05, 3.63) is 0 Å². The van der Waals surface area contributed by atoms with Gasteiger partial charge in [-0.15, -0.1) is 0 Å². The Morgan fingerprint density at radius 2 is 1.35 bits per heavy atom. The van der Waals surface area contributed by atoms with Crippen molar-refractivity contribution in [1.82, 2.24) is 5.32 Å². The lowest BCUT2D eigenvalue weighted by Gasteiger charge is -2.32. The van der Waals surface area contributed by atoms with Gasteiger partial charge in [0.1, 0.15) is 0 Å². The minimum absolute atomic E-state index is 0.0571. The molecular formula is C14H27NO2. The minimum atomic E-state index is -0.527. The summed E-state index contributed by atoms with van der Waals surface area (Å²) in [4.78, 5) is 23.7. The highest BCUT2D eigenvalue weighted by Gasteiger charge is 2.32. The van der Waals surface area contributed by atoms with Crippen LogP contribution in [-0.2, 0) is 9.59 Å². The first-order valence-corrected chi connectivity index (χ1v) is 6.22. The molecule has 0 aromatic carbocycles. The molecule has 0 aliphatic rings. The molecule has 0 aliphatic heterocycles. The first-order chi connectivity index (χ1) is 7.37. The lowest BCUT2D eigenvalue weighted by molar-refractivity contribution is -0.138. The Labute approximate surface area is 105 Å². The van der Waals surface area contributed by atoms with Gasteiger partial charge in [-0.05, 0) is 11.3 Å². The van der Waals surface area contributed by atoms with Crippen molar-refractivity contribution in [3.8, 4) is 0 Å². The Kier molecular flexibility index (Phi) is 4.93. The molecule has 3 heteroatoms. The number of imide groups is 1. The van der Waals surface area contributed by atoms with Gasteiger partial charge in [0, 0.05) is 11.3 Å². The predicted molar refractivity (Wildman–Crippen MR) is 70.4 cm³/mol. The Balaban J connectivity index is 4.59. The maximum absolute atomic E-state index is 12.0. The van der Waals surface area contributed by atoms with E-state index in [0.717, 1.165) is 0 Å². The molecule has 0 aromatic rings. The second-order valence-electron chi connectivity index (χ2n) is 7.01. The van der Waals surface area contributed by atoms with E-state index in [9.17, 15) is 9.59 Å². The maximum atomic E-state index is 12.0. The van der Waals surface area contributed by atoms with Crippen LogP contribution in [0.4, 0.5) is 0 Å². The molecule has 0 spiro atoms. The van der Waals surface area contributed by atoms with E-state index in [-0.39, 0.29) is 29.1 Å². The van der Waals surface area contributed by atoms with Crippen molar-refractivity contribution in [2.45, 2.75) is 55.4 Å². The Morgan fingerprint density at radius 1 is 0.941 bits per heavy atom. The SMILES string of the molecule is C[C@H](C(=O)NC(=O)C(C)(C)C)[C@@H](C)C(C)(C)C. The maximum Gasteiger partial charge on any atom is 0.231 e. The fraction of sp³-hybridized carbons (Fsp3) is 0.857. The lowest BCUT2D eigenvalue weighted by Crippen LogP contribution is -2.44. The molecule has 100 valence electrons. The third kappa shape index (κ3) is 4.88. The van der Waals surface area contributed by atoms with E-state index < -0.39 is 5.41 Å². The second kappa shape index (κ2) is 5.19. The highest BCUT2D eigenvalue weighted by atomic mass is 16.2. The van der Waals surface area contributed by atoms with E-state index in [1.165, 1.54) is 0 Å².